The molecular weight excluding hydrogens is 256 g/mol. The van der Waals surface area contributed by atoms with E-state index in [2.05, 4.69) is 0 Å². The standard InChI is InChI=1S/C12H18N2OS.ClH/c13-9-10-4-1-2-6-14(10)12(15)8-11-5-3-7-16-11;/h3,5,7,10H,1-2,4,6,8-9,13H2;1H. The Morgan fingerprint density at radius 2 is 2.35 bits per heavy atom. The number of likely N-dealkylation sites (tertiary alicyclic amines) is 1. The van der Waals surface area contributed by atoms with E-state index in [1.54, 1.807) is 11.3 Å². The first-order valence-electron chi connectivity index (χ1n) is 5.83. The number of thiophene rings is 1. The van der Waals surface area contributed by atoms with E-state index >= 15 is 0 Å². The van der Waals surface area contributed by atoms with Gasteiger partial charge in [0.2, 0.25) is 5.91 Å². The minimum atomic E-state index is 0. The van der Waals surface area contributed by atoms with Crippen LogP contribution in [0.3, 0.4) is 0 Å². The number of carbonyl (C=O) groups excluding carboxylic acids is 1. The SMILES string of the molecule is Cl.NCC1CCCCN1C(=O)Cc1cccs1. The highest BCUT2D eigenvalue weighted by Gasteiger charge is 2.25. The molecule has 1 aromatic heterocycles. The molecule has 17 heavy (non-hydrogen) atoms. The van der Waals surface area contributed by atoms with Gasteiger partial charge in [0.25, 0.3) is 0 Å². The lowest BCUT2D eigenvalue weighted by Crippen LogP contribution is -2.47. The Morgan fingerprint density at radius 3 is 3.00 bits per heavy atom. The number of nitrogens with two attached hydrogens (primary N) is 1. The molecule has 0 spiro atoms. The summed E-state index contributed by atoms with van der Waals surface area (Å²) in [5, 5.41) is 2.01. The molecule has 0 radical (unpaired) electrons. The first kappa shape index (κ1) is 14.5. The van der Waals surface area contributed by atoms with Crippen molar-refractivity contribution >= 4 is 29.7 Å². The number of hydrogen-bond donors (Lipinski definition) is 1. The van der Waals surface area contributed by atoms with Gasteiger partial charge >= 0.3 is 0 Å². The van der Waals surface area contributed by atoms with Crippen molar-refractivity contribution in [1.82, 2.24) is 4.90 Å². The van der Waals surface area contributed by atoms with Gasteiger partial charge in [-0.15, -0.1) is 23.7 Å². The molecule has 1 atom stereocenters. The fourth-order valence-electron chi connectivity index (χ4n) is 2.24. The van der Waals surface area contributed by atoms with Crippen molar-refractivity contribution in [2.24, 2.45) is 5.73 Å². The molecule has 1 amide bonds. The second kappa shape index (κ2) is 6.99. The number of amides is 1. The highest BCUT2D eigenvalue weighted by Crippen LogP contribution is 2.18. The third-order valence-corrected chi connectivity index (χ3v) is 4.00. The minimum absolute atomic E-state index is 0. The zero-order valence-corrected chi connectivity index (χ0v) is 11.4. The average Bonchev–Trinajstić information content (AvgIpc) is 2.81. The fraction of sp³-hybridized carbons (Fsp3) is 0.583. The molecule has 0 bridgehead atoms. The summed E-state index contributed by atoms with van der Waals surface area (Å²) in [7, 11) is 0. The second-order valence-corrected chi connectivity index (χ2v) is 5.26. The van der Waals surface area contributed by atoms with Crippen LogP contribution >= 0.6 is 23.7 Å². The van der Waals surface area contributed by atoms with Crippen molar-refractivity contribution in [2.45, 2.75) is 31.7 Å². The Hall–Kier alpha value is -0.580. The molecule has 0 aliphatic carbocycles. The summed E-state index contributed by atoms with van der Waals surface area (Å²) in [5.74, 6) is 0.234. The van der Waals surface area contributed by atoms with Crippen molar-refractivity contribution in [3.05, 3.63) is 22.4 Å². The van der Waals surface area contributed by atoms with Crippen LogP contribution in [0.5, 0.6) is 0 Å². The lowest BCUT2D eigenvalue weighted by molar-refractivity contribution is -0.133. The summed E-state index contributed by atoms with van der Waals surface area (Å²) in [4.78, 5) is 15.2. The van der Waals surface area contributed by atoms with E-state index in [0.717, 1.165) is 24.3 Å². The van der Waals surface area contributed by atoms with Crippen molar-refractivity contribution in [3.63, 3.8) is 0 Å². The summed E-state index contributed by atoms with van der Waals surface area (Å²) in [6.07, 6.45) is 3.91. The van der Waals surface area contributed by atoms with Gasteiger partial charge < -0.3 is 10.6 Å². The van der Waals surface area contributed by atoms with Gasteiger partial charge in [-0.25, -0.2) is 0 Å². The molecule has 2 heterocycles. The average molecular weight is 275 g/mol. The zero-order valence-electron chi connectivity index (χ0n) is 9.80. The number of hydrogen-bond acceptors (Lipinski definition) is 3. The fourth-order valence-corrected chi connectivity index (χ4v) is 2.93. The van der Waals surface area contributed by atoms with Crippen LogP contribution in [-0.4, -0.2) is 29.9 Å². The molecule has 96 valence electrons. The first-order valence-corrected chi connectivity index (χ1v) is 6.71. The Kier molecular flexibility index (Phi) is 5.95. The highest BCUT2D eigenvalue weighted by atomic mass is 35.5. The van der Waals surface area contributed by atoms with Gasteiger partial charge in [0, 0.05) is 24.0 Å². The molecule has 1 aliphatic rings. The molecular formula is C12H19ClN2OS. The minimum Gasteiger partial charge on any atom is -0.338 e. The van der Waals surface area contributed by atoms with Crippen LogP contribution in [-0.2, 0) is 11.2 Å². The third kappa shape index (κ3) is 3.69. The third-order valence-electron chi connectivity index (χ3n) is 3.13. The van der Waals surface area contributed by atoms with Gasteiger partial charge in [0.1, 0.15) is 0 Å². The number of carbonyl (C=O) groups is 1. The van der Waals surface area contributed by atoms with Crippen molar-refractivity contribution in [2.75, 3.05) is 13.1 Å². The second-order valence-electron chi connectivity index (χ2n) is 4.23. The topological polar surface area (TPSA) is 46.3 Å². The van der Waals surface area contributed by atoms with Crippen LogP contribution in [0.2, 0.25) is 0 Å². The molecule has 1 fully saturated rings. The summed E-state index contributed by atoms with van der Waals surface area (Å²) < 4.78 is 0. The van der Waals surface area contributed by atoms with Crippen LogP contribution < -0.4 is 5.73 Å². The van der Waals surface area contributed by atoms with E-state index in [1.807, 2.05) is 22.4 Å². The van der Waals surface area contributed by atoms with Crippen molar-refractivity contribution in [1.29, 1.82) is 0 Å². The Bertz CT molecular complexity index is 342. The molecule has 1 aromatic rings. The maximum atomic E-state index is 12.1. The lowest BCUT2D eigenvalue weighted by atomic mass is 10.0. The maximum Gasteiger partial charge on any atom is 0.228 e. The molecule has 0 saturated carbocycles. The number of halogens is 1. The van der Waals surface area contributed by atoms with Crippen LogP contribution in [0.25, 0.3) is 0 Å². The normalized spacial score (nSPS) is 19.8. The summed E-state index contributed by atoms with van der Waals surface area (Å²) in [5.41, 5.74) is 5.71. The van der Waals surface area contributed by atoms with E-state index < -0.39 is 0 Å². The van der Waals surface area contributed by atoms with Crippen molar-refractivity contribution in [3.8, 4) is 0 Å². The predicted molar refractivity (Wildman–Crippen MR) is 73.7 cm³/mol. The van der Waals surface area contributed by atoms with Gasteiger partial charge in [-0.3, -0.25) is 4.79 Å². The van der Waals surface area contributed by atoms with E-state index in [1.165, 1.54) is 6.42 Å². The Balaban J connectivity index is 0.00000144. The summed E-state index contributed by atoms with van der Waals surface area (Å²) >= 11 is 1.65. The summed E-state index contributed by atoms with van der Waals surface area (Å²) in [6, 6.07) is 4.27. The summed E-state index contributed by atoms with van der Waals surface area (Å²) in [6.45, 7) is 1.47. The number of rotatable bonds is 3. The monoisotopic (exact) mass is 274 g/mol. The molecule has 1 saturated heterocycles. The van der Waals surface area contributed by atoms with Gasteiger partial charge in [0.15, 0.2) is 0 Å². The van der Waals surface area contributed by atoms with Gasteiger partial charge in [-0.2, -0.15) is 0 Å². The zero-order chi connectivity index (χ0) is 11.4. The van der Waals surface area contributed by atoms with Crippen molar-refractivity contribution < 1.29 is 4.79 Å². The van der Waals surface area contributed by atoms with Gasteiger partial charge in [0.05, 0.1) is 6.42 Å². The van der Waals surface area contributed by atoms with E-state index in [9.17, 15) is 4.79 Å². The molecule has 2 N–H and O–H groups in total. The molecule has 2 rings (SSSR count). The molecule has 1 aliphatic heterocycles. The largest absolute Gasteiger partial charge is 0.338 e. The Morgan fingerprint density at radius 1 is 1.53 bits per heavy atom. The van der Waals surface area contributed by atoms with Crippen LogP contribution in [0, 0.1) is 0 Å². The molecule has 3 nitrogen and oxygen atoms in total. The van der Waals surface area contributed by atoms with Gasteiger partial charge in [-0.1, -0.05) is 6.07 Å². The number of piperidine rings is 1. The van der Waals surface area contributed by atoms with E-state index in [-0.39, 0.29) is 24.4 Å². The maximum absolute atomic E-state index is 12.1. The first-order chi connectivity index (χ1) is 7.81. The van der Waals surface area contributed by atoms with Gasteiger partial charge in [-0.05, 0) is 30.7 Å². The quantitative estimate of drug-likeness (QED) is 0.917. The smallest absolute Gasteiger partial charge is 0.228 e. The Labute approximate surface area is 112 Å². The lowest BCUT2D eigenvalue weighted by Gasteiger charge is -2.35. The highest BCUT2D eigenvalue weighted by molar-refractivity contribution is 7.10. The molecule has 1 unspecified atom stereocenters. The van der Waals surface area contributed by atoms with Crippen LogP contribution in [0.1, 0.15) is 24.1 Å². The van der Waals surface area contributed by atoms with Crippen LogP contribution in [0.15, 0.2) is 17.5 Å². The van der Waals surface area contributed by atoms with Crippen LogP contribution in [0.4, 0.5) is 0 Å². The molecule has 0 aromatic carbocycles. The molecule has 5 heteroatoms. The van der Waals surface area contributed by atoms with E-state index in [0.29, 0.717) is 13.0 Å². The number of nitrogens with zero attached hydrogens (tertiary/aromatic N) is 1. The van der Waals surface area contributed by atoms with E-state index in [4.69, 9.17) is 5.73 Å². The predicted octanol–water partition coefficient (Wildman–Crippen LogP) is 2.05.